The highest BCUT2D eigenvalue weighted by Crippen LogP contribution is 2.25. The zero-order valence-corrected chi connectivity index (χ0v) is 12.5. The van der Waals surface area contributed by atoms with Gasteiger partial charge in [0.1, 0.15) is 0 Å². The smallest absolute Gasteiger partial charge is 0.288 e. The Kier molecular flexibility index (Phi) is 10.4. The number of anilines is 1. The Morgan fingerprint density at radius 1 is 1.35 bits per heavy atom. The Labute approximate surface area is 127 Å². The molecule has 0 aliphatic carbocycles. The molecule has 4 nitrogen and oxygen atoms in total. The zero-order chi connectivity index (χ0) is 14.1. The van der Waals surface area contributed by atoms with E-state index in [1.807, 2.05) is 0 Å². The van der Waals surface area contributed by atoms with E-state index in [9.17, 15) is 13.6 Å². The number of halogens is 3. The van der Waals surface area contributed by atoms with Gasteiger partial charge in [0.05, 0.1) is 13.2 Å². The first-order valence-electron chi connectivity index (χ1n) is 5.66. The molecule has 0 aliphatic rings. The standard InChI is InChI=1S/C12H16F2N2O2S.ClH/c1-18-7-6-15-8-11(17)16-9-2-4-10(5-3-9)19-12(13)14;/h2-5,12,15H,6-8H2,1H3,(H,16,17);1H. The molecule has 0 unspecified atom stereocenters. The maximum atomic E-state index is 12.1. The largest absolute Gasteiger partial charge is 0.383 e. The van der Waals surface area contributed by atoms with Crippen molar-refractivity contribution in [3.8, 4) is 0 Å². The minimum absolute atomic E-state index is 0. The number of alkyl halides is 2. The topological polar surface area (TPSA) is 50.4 Å². The lowest BCUT2D eigenvalue weighted by Crippen LogP contribution is -2.30. The van der Waals surface area contributed by atoms with E-state index in [-0.39, 0.29) is 24.9 Å². The molecule has 8 heteroatoms. The lowest BCUT2D eigenvalue weighted by atomic mass is 10.3. The predicted octanol–water partition coefficient (Wildman–Crippen LogP) is 2.60. The molecule has 0 saturated carbocycles. The first-order valence-corrected chi connectivity index (χ1v) is 6.54. The fraction of sp³-hybridized carbons (Fsp3) is 0.417. The van der Waals surface area contributed by atoms with Crippen LogP contribution in [0.15, 0.2) is 29.2 Å². The molecule has 20 heavy (non-hydrogen) atoms. The van der Waals surface area contributed by atoms with Gasteiger partial charge in [0.25, 0.3) is 5.76 Å². The average molecular weight is 327 g/mol. The number of hydrogen-bond donors (Lipinski definition) is 2. The molecule has 0 heterocycles. The molecule has 0 fully saturated rings. The fourth-order valence-electron chi connectivity index (χ4n) is 1.30. The van der Waals surface area contributed by atoms with E-state index in [4.69, 9.17) is 4.74 Å². The summed E-state index contributed by atoms with van der Waals surface area (Å²) in [6.07, 6.45) is 0. The number of benzene rings is 1. The molecule has 0 bridgehead atoms. The third-order valence-electron chi connectivity index (χ3n) is 2.13. The lowest BCUT2D eigenvalue weighted by molar-refractivity contribution is -0.115. The molecule has 1 aromatic rings. The van der Waals surface area contributed by atoms with Gasteiger partial charge in [-0.1, -0.05) is 11.8 Å². The van der Waals surface area contributed by atoms with Crippen LogP contribution in [0.2, 0.25) is 0 Å². The van der Waals surface area contributed by atoms with Crippen molar-refractivity contribution in [1.29, 1.82) is 0 Å². The molecule has 1 rings (SSSR count). The van der Waals surface area contributed by atoms with Crippen LogP contribution in [0.1, 0.15) is 0 Å². The third kappa shape index (κ3) is 8.31. The van der Waals surface area contributed by atoms with Crippen molar-refractivity contribution in [2.75, 3.05) is 32.1 Å². The number of hydrogen-bond acceptors (Lipinski definition) is 4. The second-order valence-electron chi connectivity index (χ2n) is 3.62. The van der Waals surface area contributed by atoms with Crippen molar-refractivity contribution in [3.05, 3.63) is 24.3 Å². The van der Waals surface area contributed by atoms with Crippen molar-refractivity contribution < 1.29 is 18.3 Å². The van der Waals surface area contributed by atoms with Crippen LogP contribution in [0, 0.1) is 0 Å². The van der Waals surface area contributed by atoms with Crippen molar-refractivity contribution in [1.82, 2.24) is 5.32 Å². The molecule has 0 spiro atoms. The maximum absolute atomic E-state index is 12.1. The van der Waals surface area contributed by atoms with E-state index >= 15 is 0 Å². The van der Waals surface area contributed by atoms with Gasteiger partial charge in [-0.2, -0.15) is 8.78 Å². The number of thioether (sulfide) groups is 1. The second kappa shape index (κ2) is 10.8. The molecule has 1 aromatic carbocycles. The van der Waals surface area contributed by atoms with Gasteiger partial charge in [-0.3, -0.25) is 4.79 Å². The molecule has 0 aliphatic heterocycles. The number of rotatable bonds is 8. The van der Waals surface area contributed by atoms with E-state index < -0.39 is 5.76 Å². The minimum Gasteiger partial charge on any atom is -0.383 e. The van der Waals surface area contributed by atoms with Gasteiger partial charge in [-0.15, -0.1) is 12.4 Å². The molecule has 0 radical (unpaired) electrons. The molecular formula is C12H17ClF2N2O2S. The van der Waals surface area contributed by atoms with Crippen LogP contribution >= 0.6 is 24.2 Å². The average Bonchev–Trinajstić information content (AvgIpc) is 2.36. The van der Waals surface area contributed by atoms with Crippen molar-refractivity contribution in [3.63, 3.8) is 0 Å². The summed E-state index contributed by atoms with van der Waals surface area (Å²) in [7, 11) is 1.58. The van der Waals surface area contributed by atoms with E-state index in [1.165, 1.54) is 0 Å². The molecule has 0 atom stereocenters. The van der Waals surface area contributed by atoms with Crippen LogP contribution in [-0.2, 0) is 9.53 Å². The van der Waals surface area contributed by atoms with Gasteiger partial charge in [0.2, 0.25) is 5.91 Å². The van der Waals surface area contributed by atoms with Crippen LogP contribution in [-0.4, -0.2) is 38.5 Å². The van der Waals surface area contributed by atoms with Crippen molar-refractivity contribution >= 4 is 35.8 Å². The Balaban J connectivity index is 0.00000361. The summed E-state index contributed by atoms with van der Waals surface area (Å²) >= 11 is 0.473. The summed E-state index contributed by atoms with van der Waals surface area (Å²) < 4.78 is 29.0. The first kappa shape index (κ1) is 19.1. The number of carbonyl (C=O) groups excluding carboxylic acids is 1. The molecule has 2 N–H and O–H groups in total. The van der Waals surface area contributed by atoms with Gasteiger partial charge in [0, 0.05) is 24.2 Å². The van der Waals surface area contributed by atoms with Crippen molar-refractivity contribution in [2.24, 2.45) is 0 Å². The molecule has 0 aromatic heterocycles. The molecular weight excluding hydrogens is 310 g/mol. The first-order chi connectivity index (χ1) is 9.11. The Morgan fingerprint density at radius 3 is 2.55 bits per heavy atom. The normalized spacial score (nSPS) is 10.2. The van der Waals surface area contributed by atoms with Crippen molar-refractivity contribution in [2.45, 2.75) is 10.7 Å². The summed E-state index contributed by atoms with van der Waals surface area (Å²) in [6.45, 7) is 1.30. The molecule has 0 saturated heterocycles. The summed E-state index contributed by atoms with van der Waals surface area (Å²) in [5, 5.41) is 5.56. The van der Waals surface area contributed by atoms with Crippen LogP contribution in [0.5, 0.6) is 0 Å². The number of ether oxygens (including phenoxy) is 1. The lowest BCUT2D eigenvalue weighted by Gasteiger charge is -2.07. The Bertz CT molecular complexity index is 394. The van der Waals surface area contributed by atoms with E-state index in [1.54, 1.807) is 31.4 Å². The Hall–Kier alpha value is -0.890. The maximum Gasteiger partial charge on any atom is 0.288 e. The van der Waals surface area contributed by atoms with Gasteiger partial charge in [0.15, 0.2) is 0 Å². The van der Waals surface area contributed by atoms with Gasteiger partial charge in [-0.05, 0) is 24.3 Å². The highest BCUT2D eigenvalue weighted by molar-refractivity contribution is 7.99. The van der Waals surface area contributed by atoms with Crippen LogP contribution in [0.3, 0.4) is 0 Å². The van der Waals surface area contributed by atoms with Gasteiger partial charge >= 0.3 is 0 Å². The van der Waals surface area contributed by atoms with E-state index in [2.05, 4.69) is 10.6 Å². The number of amides is 1. The summed E-state index contributed by atoms with van der Waals surface area (Å²) in [6, 6.07) is 6.28. The molecule has 1 amide bonds. The number of nitrogens with one attached hydrogen (secondary N) is 2. The second-order valence-corrected chi connectivity index (χ2v) is 4.68. The summed E-state index contributed by atoms with van der Waals surface area (Å²) in [5.41, 5.74) is 0.581. The zero-order valence-electron chi connectivity index (χ0n) is 10.9. The van der Waals surface area contributed by atoms with E-state index in [0.717, 1.165) is 0 Å². The van der Waals surface area contributed by atoms with Crippen LogP contribution in [0.4, 0.5) is 14.5 Å². The van der Waals surface area contributed by atoms with Gasteiger partial charge in [-0.25, -0.2) is 0 Å². The number of carbonyl (C=O) groups is 1. The van der Waals surface area contributed by atoms with Crippen LogP contribution < -0.4 is 10.6 Å². The Morgan fingerprint density at radius 2 is 2.00 bits per heavy atom. The highest BCUT2D eigenvalue weighted by Gasteiger charge is 2.06. The SMILES string of the molecule is COCCNCC(=O)Nc1ccc(SC(F)F)cc1.Cl. The summed E-state index contributed by atoms with van der Waals surface area (Å²) in [4.78, 5) is 12.0. The fourth-order valence-corrected chi connectivity index (χ4v) is 1.80. The predicted molar refractivity (Wildman–Crippen MR) is 78.9 cm³/mol. The van der Waals surface area contributed by atoms with Crippen LogP contribution in [0.25, 0.3) is 0 Å². The number of methoxy groups -OCH3 is 1. The minimum atomic E-state index is -2.44. The summed E-state index contributed by atoms with van der Waals surface area (Å²) in [5.74, 6) is -2.63. The third-order valence-corrected chi connectivity index (χ3v) is 2.85. The van der Waals surface area contributed by atoms with Gasteiger partial charge < -0.3 is 15.4 Å². The van der Waals surface area contributed by atoms with E-state index in [0.29, 0.717) is 35.5 Å². The molecule has 114 valence electrons. The monoisotopic (exact) mass is 326 g/mol. The quantitative estimate of drug-likeness (QED) is 0.569. The highest BCUT2D eigenvalue weighted by atomic mass is 35.5.